The van der Waals surface area contributed by atoms with E-state index >= 15 is 0 Å². The molecule has 3 aromatic rings. The summed E-state index contributed by atoms with van der Waals surface area (Å²) in [5.74, 6) is 1.49. The molecule has 0 saturated heterocycles. The third kappa shape index (κ3) is 4.51. The van der Waals surface area contributed by atoms with Crippen LogP contribution in [0.3, 0.4) is 0 Å². The normalized spacial score (nSPS) is 10.7. The van der Waals surface area contributed by atoms with Gasteiger partial charge in [0, 0.05) is 17.7 Å². The fourth-order valence-electron chi connectivity index (χ4n) is 2.96. The number of aromatic nitrogens is 3. The Morgan fingerprint density at radius 2 is 2.10 bits per heavy atom. The first kappa shape index (κ1) is 20.7. The first-order chi connectivity index (χ1) is 13.9. The van der Waals surface area contributed by atoms with Gasteiger partial charge in [0.1, 0.15) is 17.4 Å². The van der Waals surface area contributed by atoms with E-state index in [2.05, 4.69) is 34.6 Å². The van der Waals surface area contributed by atoms with E-state index in [4.69, 9.17) is 4.42 Å². The van der Waals surface area contributed by atoms with E-state index in [0.29, 0.717) is 16.5 Å². The summed E-state index contributed by atoms with van der Waals surface area (Å²) in [7, 11) is 0. The van der Waals surface area contributed by atoms with Crippen LogP contribution in [-0.4, -0.2) is 26.4 Å². The average molecular weight is 410 g/mol. The second-order valence-corrected chi connectivity index (χ2v) is 7.71. The van der Waals surface area contributed by atoms with E-state index in [1.54, 1.807) is 13.8 Å². The molecule has 7 nitrogen and oxygen atoms in total. The minimum atomic E-state index is -0.261. The minimum Gasteiger partial charge on any atom is -0.444 e. The largest absolute Gasteiger partial charge is 0.444 e. The molecule has 150 valence electrons. The van der Waals surface area contributed by atoms with Gasteiger partial charge in [-0.3, -0.25) is 10.1 Å². The standard InChI is InChI=1S/C21H23N5O2S/c1-5-9-26-19(16-8-6-7-13(2)10-16)24-25-21(26)29-12-18(27)23-20-17(11-22)14(3)15(4)28-20/h6-8,10H,5,9,12H2,1-4H3,(H,23,27). The van der Waals surface area contributed by atoms with Gasteiger partial charge in [-0.15, -0.1) is 10.2 Å². The van der Waals surface area contributed by atoms with E-state index in [1.165, 1.54) is 11.8 Å². The van der Waals surface area contributed by atoms with Crippen LogP contribution in [0.15, 0.2) is 33.8 Å². The Balaban J connectivity index is 1.75. The molecule has 2 heterocycles. The van der Waals surface area contributed by atoms with Crippen LogP contribution in [0, 0.1) is 32.1 Å². The number of nitriles is 1. The van der Waals surface area contributed by atoms with Crippen LogP contribution in [0.4, 0.5) is 5.88 Å². The summed E-state index contributed by atoms with van der Waals surface area (Å²) in [5.41, 5.74) is 3.25. The van der Waals surface area contributed by atoms with Crippen LogP contribution < -0.4 is 5.32 Å². The molecule has 0 aliphatic rings. The fraction of sp³-hybridized carbons (Fsp3) is 0.333. The van der Waals surface area contributed by atoms with Crippen molar-refractivity contribution in [2.45, 2.75) is 45.8 Å². The molecule has 0 aliphatic carbocycles. The Hall–Kier alpha value is -3.05. The number of carbonyl (C=O) groups is 1. The SMILES string of the molecule is CCCn1c(SCC(=O)Nc2oc(C)c(C)c2C#N)nnc1-c1cccc(C)c1. The van der Waals surface area contributed by atoms with Crippen molar-refractivity contribution in [2.24, 2.45) is 0 Å². The third-order valence-electron chi connectivity index (χ3n) is 4.52. The maximum atomic E-state index is 12.4. The molecule has 0 aliphatic heterocycles. The van der Waals surface area contributed by atoms with Crippen LogP contribution in [0.25, 0.3) is 11.4 Å². The number of benzene rings is 1. The lowest BCUT2D eigenvalue weighted by atomic mass is 10.1. The Kier molecular flexibility index (Phi) is 6.39. The summed E-state index contributed by atoms with van der Waals surface area (Å²) in [4.78, 5) is 12.4. The quantitative estimate of drug-likeness (QED) is 0.578. The van der Waals surface area contributed by atoms with Crippen LogP contribution in [0.5, 0.6) is 0 Å². The summed E-state index contributed by atoms with van der Waals surface area (Å²) in [6, 6.07) is 10.2. The van der Waals surface area contributed by atoms with Gasteiger partial charge in [-0.05, 0) is 33.3 Å². The van der Waals surface area contributed by atoms with E-state index < -0.39 is 0 Å². The summed E-state index contributed by atoms with van der Waals surface area (Å²) in [6.07, 6.45) is 0.924. The molecule has 29 heavy (non-hydrogen) atoms. The number of amides is 1. The highest BCUT2D eigenvalue weighted by molar-refractivity contribution is 7.99. The van der Waals surface area contributed by atoms with Crippen molar-refractivity contribution in [1.82, 2.24) is 14.8 Å². The van der Waals surface area contributed by atoms with E-state index in [1.807, 2.05) is 29.7 Å². The Morgan fingerprint density at radius 1 is 1.31 bits per heavy atom. The highest BCUT2D eigenvalue weighted by Gasteiger charge is 2.19. The molecular formula is C21H23N5O2S. The van der Waals surface area contributed by atoms with E-state index in [-0.39, 0.29) is 17.5 Å². The Morgan fingerprint density at radius 3 is 2.79 bits per heavy atom. The summed E-state index contributed by atoms with van der Waals surface area (Å²) < 4.78 is 7.53. The van der Waals surface area contributed by atoms with Crippen molar-refractivity contribution in [3.63, 3.8) is 0 Å². The number of carbonyl (C=O) groups excluding carboxylic acids is 1. The zero-order valence-corrected chi connectivity index (χ0v) is 17.8. The molecule has 0 bridgehead atoms. The third-order valence-corrected chi connectivity index (χ3v) is 5.49. The van der Waals surface area contributed by atoms with Crippen molar-refractivity contribution in [3.8, 4) is 17.5 Å². The van der Waals surface area contributed by atoms with Crippen LogP contribution >= 0.6 is 11.8 Å². The van der Waals surface area contributed by atoms with Crippen molar-refractivity contribution in [3.05, 3.63) is 46.7 Å². The molecule has 1 amide bonds. The van der Waals surface area contributed by atoms with Gasteiger partial charge in [-0.1, -0.05) is 42.4 Å². The molecule has 0 spiro atoms. The van der Waals surface area contributed by atoms with Gasteiger partial charge in [-0.25, -0.2) is 0 Å². The second-order valence-electron chi connectivity index (χ2n) is 6.76. The summed E-state index contributed by atoms with van der Waals surface area (Å²) >= 11 is 1.31. The average Bonchev–Trinajstić information content (AvgIpc) is 3.21. The molecule has 0 saturated carbocycles. The number of nitrogens with one attached hydrogen (secondary N) is 1. The number of hydrogen-bond donors (Lipinski definition) is 1. The number of rotatable bonds is 7. The van der Waals surface area contributed by atoms with Crippen molar-refractivity contribution < 1.29 is 9.21 Å². The Labute approximate surface area is 174 Å². The first-order valence-corrected chi connectivity index (χ1v) is 10.4. The van der Waals surface area contributed by atoms with Crippen LogP contribution in [-0.2, 0) is 11.3 Å². The molecule has 8 heteroatoms. The number of aryl methyl sites for hydroxylation is 2. The van der Waals surface area contributed by atoms with Crippen molar-refractivity contribution in [1.29, 1.82) is 5.26 Å². The lowest BCUT2D eigenvalue weighted by Crippen LogP contribution is -2.15. The highest BCUT2D eigenvalue weighted by Crippen LogP contribution is 2.27. The number of anilines is 1. The number of hydrogen-bond acceptors (Lipinski definition) is 6. The monoisotopic (exact) mass is 409 g/mol. The van der Waals surface area contributed by atoms with Gasteiger partial charge in [0.15, 0.2) is 11.0 Å². The fourth-order valence-corrected chi connectivity index (χ4v) is 3.73. The minimum absolute atomic E-state index is 0.138. The lowest BCUT2D eigenvalue weighted by molar-refractivity contribution is -0.113. The van der Waals surface area contributed by atoms with Gasteiger partial charge in [0.25, 0.3) is 0 Å². The predicted molar refractivity (Wildman–Crippen MR) is 113 cm³/mol. The van der Waals surface area contributed by atoms with E-state index in [0.717, 1.165) is 35.5 Å². The van der Waals surface area contributed by atoms with Gasteiger partial charge < -0.3 is 8.98 Å². The molecule has 0 unspecified atom stereocenters. The first-order valence-electron chi connectivity index (χ1n) is 9.37. The van der Waals surface area contributed by atoms with Crippen LogP contribution in [0.1, 0.15) is 35.8 Å². The number of furan rings is 1. The molecule has 2 aromatic heterocycles. The highest BCUT2D eigenvalue weighted by atomic mass is 32.2. The second kappa shape index (κ2) is 8.97. The summed E-state index contributed by atoms with van der Waals surface area (Å²) in [6.45, 7) is 8.45. The zero-order chi connectivity index (χ0) is 21.0. The van der Waals surface area contributed by atoms with E-state index in [9.17, 15) is 10.1 Å². The lowest BCUT2D eigenvalue weighted by Gasteiger charge is -2.09. The maximum absolute atomic E-state index is 12.4. The zero-order valence-electron chi connectivity index (χ0n) is 16.9. The van der Waals surface area contributed by atoms with Gasteiger partial charge in [0.05, 0.1) is 5.75 Å². The van der Waals surface area contributed by atoms with Crippen molar-refractivity contribution in [2.75, 3.05) is 11.1 Å². The molecule has 0 atom stereocenters. The Bertz CT molecular complexity index is 1080. The van der Waals surface area contributed by atoms with Gasteiger partial charge in [-0.2, -0.15) is 5.26 Å². The van der Waals surface area contributed by atoms with Crippen LogP contribution in [0.2, 0.25) is 0 Å². The van der Waals surface area contributed by atoms with Gasteiger partial charge in [0.2, 0.25) is 11.8 Å². The smallest absolute Gasteiger partial charge is 0.237 e. The topological polar surface area (TPSA) is 96.7 Å². The molecule has 1 N–H and O–H groups in total. The molecule has 3 rings (SSSR count). The molecular weight excluding hydrogens is 386 g/mol. The molecule has 1 aromatic carbocycles. The maximum Gasteiger partial charge on any atom is 0.237 e. The number of thioether (sulfide) groups is 1. The van der Waals surface area contributed by atoms with Crippen molar-refractivity contribution >= 4 is 23.6 Å². The molecule has 0 fully saturated rings. The summed E-state index contributed by atoms with van der Waals surface area (Å²) in [5, 5.41) is 21.3. The van der Waals surface area contributed by atoms with Gasteiger partial charge >= 0.3 is 0 Å². The number of nitrogens with zero attached hydrogens (tertiary/aromatic N) is 4. The predicted octanol–water partition coefficient (Wildman–Crippen LogP) is 4.48. The molecule has 0 radical (unpaired) electrons.